The summed E-state index contributed by atoms with van der Waals surface area (Å²) >= 11 is 0. The quantitative estimate of drug-likeness (QED) is 0.609. The topological polar surface area (TPSA) is 84.7 Å². The molecule has 6 heteroatoms. The van der Waals surface area contributed by atoms with Gasteiger partial charge in [0.05, 0.1) is 0 Å². The number of nitrogens with two attached hydrogens (primary N) is 1. The summed E-state index contributed by atoms with van der Waals surface area (Å²) in [6, 6.07) is 0.235. The molecule has 0 bridgehead atoms. The molecule has 2 amide bonds. The molecule has 1 heterocycles. The maximum atomic E-state index is 11.4. The molecule has 0 aromatic rings. The molecule has 0 aromatic carbocycles. The van der Waals surface area contributed by atoms with Crippen molar-refractivity contribution in [1.29, 1.82) is 0 Å². The van der Waals surface area contributed by atoms with Crippen LogP contribution < -0.4 is 11.1 Å². The molecule has 1 aliphatic heterocycles. The lowest BCUT2D eigenvalue weighted by atomic mass is 9.94. The van der Waals surface area contributed by atoms with Crippen molar-refractivity contribution in [1.82, 2.24) is 10.2 Å². The van der Waals surface area contributed by atoms with E-state index in [1.165, 1.54) is 4.90 Å². The highest BCUT2D eigenvalue weighted by molar-refractivity contribution is 5.82. The van der Waals surface area contributed by atoms with E-state index in [9.17, 15) is 9.59 Å². The van der Waals surface area contributed by atoms with E-state index in [-0.39, 0.29) is 6.04 Å². The summed E-state index contributed by atoms with van der Waals surface area (Å²) in [4.78, 5) is 23.2. The number of likely N-dealkylation sites (N-methyl/N-ethyl adjacent to an activating group) is 1. The molecule has 2 unspecified atom stereocenters. The second kappa shape index (κ2) is 4.97. The van der Waals surface area contributed by atoms with Gasteiger partial charge in [-0.2, -0.15) is 0 Å². The molecule has 0 aliphatic carbocycles. The van der Waals surface area contributed by atoms with E-state index in [4.69, 9.17) is 5.73 Å². The molecule has 1 rings (SSSR count). The third-order valence-corrected chi connectivity index (χ3v) is 2.78. The molecule has 2 atom stereocenters. The molecule has 1 saturated heterocycles. The monoisotopic (exact) mass is 215 g/mol. The minimum Gasteiger partial charge on any atom is -0.359 e. The first-order chi connectivity index (χ1) is 7.04. The number of nitrogens with zero attached hydrogens (tertiary/aromatic N) is 1. The summed E-state index contributed by atoms with van der Waals surface area (Å²) < 4.78 is 4.32. The number of piperidine rings is 1. The fraction of sp³-hybridized carbons (Fsp3) is 0.778. The molecule has 86 valence electrons. The van der Waals surface area contributed by atoms with Crippen molar-refractivity contribution >= 4 is 12.2 Å². The first-order valence-electron chi connectivity index (χ1n) is 4.98. The number of carbonyl (C=O) groups excluding carboxylic acids is 2. The number of hydrogen-bond donors (Lipinski definition) is 2. The molecule has 0 aromatic heterocycles. The molecule has 0 saturated carbocycles. The Bertz CT molecular complexity index is 257. The number of hydrogen-bond acceptors (Lipinski definition) is 4. The SMILES string of the molecule is CNC1CN(C(=O)OC(N)=O)CCC1C. The smallest absolute Gasteiger partial charge is 0.359 e. The average Bonchev–Trinajstić information content (AvgIpc) is 2.17. The highest BCUT2D eigenvalue weighted by atomic mass is 16.6. The van der Waals surface area contributed by atoms with Gasteiger partial charge < -0.3 is 20.7 Å². The predicted molar refractivity (Wildman–Crippen MR) is 54.3 cm³/mol. The standard InChI is InChI=1S/C9H17N3O3/c1-6-3-4-12(5-7(6)11-2)9(14)15-8(10)13/h6-7,11H,3-5H2,1-2H3,(H2,10,13). The van der Waals surface area contributed by atoms with E-state index >= 15 is 0 Å². The van der Waals surface area contributed by atoms with Gasteiger partial charge in [-0.3, -0.25) is 0 Å². The molecule has 0 spiro atoms. The van der Waals surface area contributed by atoms with Crippen LogP contribution in [-0.4, -0.2) is 43.3 Å². The summed E-state index contributed by atoms with van der Waals surface area (Å²) in [7, 11) is 1.85. The number of likely N-dealkylation sites (tertiary alicyclic amines) is 1. The Morgan fingerprint density at radius 3 is 2.73 bits per heavy atom. The fourth-order valence-electron chi connectivity index (χ4n) is 1.76. The van der Waals surface area contributed by atoms with Gasteiger partial charge in [0, 0.05) is 19.1 Å². The highest BCUT2D eigenvalue weighted by Crippen LogP contribution is 2.17. The van der Waals surface area contributed by atoms with E-state index < -0.39 is 12.2 Å². The number of nitrogens with one attached hydrogen (secondary N) is 1. The third-order valence-electron chi connectivity index (χ3n) is 2.78. The molecule has 3 N–H and O–H groups in total. The lowest BCUT2D eigenvalue weighted by Crippen LogP contribution is -2.51. The van der Waals surface area contributed by atoms with Crippen LogP contribution in [0.5, 0.6) is 0 Å². The Hall–Kier alpha value is -1.30. The summed E-state index contributed by atoms with van der Waals surface area (Å²) in [6.07, 6.45) is -0.825. The molecule has 15 heavy (non-hydrogen) atoms. The van der Waals surface area contributed by atoms with Gasteiger partial charge in [0.1, 0.15) is 0 Å². The minimum atomic E-state index is -1.06. The fourth-order valence-corrected chi connectivity index (χ4v) is 1.76. The minimum absolute atomic E-state index is 0.235. The number of rotatable bonds is 1. The molecular formula is C9H17N3O3. The highest BCUT2D eigenvalue weighted by Gasteiger charge is 2.29. The van der Waals surface area contributed by atoms with Gasteiger partial charge in [0.25, 0.3) is 0 Å². The second-order valence-electron chi connectivity index (χ2n) is 3.79. The summed E-state index contributed by atoms with van der Waals surface area (Å²) in [6.45, 7) is 3.27. The summed E-state index contributed by atoms with van der Waals surface area (Å²) in [5.74, 6) is 0.507. The van der Waals surface area contributed by atoms with Crippen molar-refractivity contribution in [3.63, 3.8) is 0 Å². The number of ether oxygens (including phenoxy) is 1. The average molecular weight is 215 g/mol. The maximum absolute atomic E-state index is 11.4. The van der Waals surface area contributed by atoms with Crippen LogP contribution in [0.15, 0.2) is 0 Å². The van der Waals surface area contributed by atoms with Crippen molar-refractivity contribution in [3.05, 3.63) is 0 Å². The second-order valence-corrected chi connectivity index (χ2v) is 3.79. The Kier molecular flexibility index (Phi) is 3.90. The van der Waals surface area contributed by atoms with Gasteiger partial charge in [0.2, 0.25) is 0 Å². The van der Waals surface area contributed by atoms with Gasteiger partial charge in [-0.15, -0.1) is 0 Å². The zero-order valence-electron chi connectivity index (χ0n) is 9.03. The number of amides is 2. The predicted octanol–water partition coefficient (Wildman–Crippen LogP) is 0.131. The zero-order valence-corrected chi connectivity index (χ0v) is 9.03. The van der Waals surface area contributed by atoms with Crippen LogP contribution >= 0.6 is 0 Å². The van der Waals surface area contributed by atoms with Gasteiger partial charge in [-0.05, 0) is 19.4 Å². The number of primary amides is 1. The van der Waals surface area contributed by atoms with E-state index in [1.807, 2.05) is 7.05 Å². The van der Waals surface area contributed by atoms with Gasteiger partial charge in [0.15, 0.2) is 0 Å². The first-order valence-corrected chi connectivity index (χ1v) is 4.98. The van der Waals surface area contributed by atoms with Crippen LogP contribution in [-0.2, 0) is 4.74 Å². The molecule has 1 fully saturated rings. The van der Waals surface area contributed by atoms with Crippen LogP contribution in [0.25, 0.3) is 0 Å². The van der Waals surface area contributed by atoms with Crippen molar-refractivity contribution in [2.45, 2.75) is 19.4 Å². The summed E-state index contributed by atoms with van der Waals surface area (Å²) in [5, 5.41) is 3.13. The first kappa shape index (κ1) is 11.8. The van der Waals surface area contributed by atoms with E-state index in [1.54, 1.807) is 0 Å². The number of carbonyl (C=O) groups is 2. The summed E-state index contributed by atoms with van der Waals surface area (Å²) in [5.41, 5.74) is 4.77. The molecular weight excluding hydrogens is 198 g/mol. The van der Waals surface area contributed by atoms with Crippen molar-refractivity contribution in [2.75, 3.05) is 20.1 Å². The normalized spacial score (nSPS) is 26.1. The van der Waals surface area contributed by atoms with Gasteiger partial charge in [-0.1, -0.05) is 6.92 Å². The van der Waals surface area contributed by atoms with E-state index in [0.717, 1.165) is 6.42 Å². The zero-order chi connectivity index (χ0) is 11.4. The lowest BCUT2D eigenvalue weighted by molar-refractivity contribution is 0.0990. The largest absolute Gasteiger partial charge is 0.418 e. The Balaban J connectivity index is 2.50. The molecule has 1 aliphatic rings. The van der Waals surface area contributed by atoms with Crippen molar-refractivity contribution in [2.24, 2.45) is 11.7 Å². The van der Waals surface area contributed by atoms with Crippen LogP contribution in [0.4, 0.5) is 9.59 Å². The molecule has 0 radical (unpaired) electrons. The van der Waals surface area contributed by atoms with Crippen LogP contribution in [0.3, 0.4) is 0 Å². The van der Waals surface area contributed by atoms with Crippen molar-refractivity contribution in [3.8, 4) is 0 Å². The lowest BCUT2D eigenvalue weighted by Gasteiger charge is -2.35. The van der Waals surface area contributed by atoms with Crippen LogP contribution in [0.2, 0.25) is 0 Å². The Morgan fingerprint density at radius 2 is 2.20 bits per heavy atom. The van der Waals surface area contributed by atoms with E-state index in [2.05, 4.69) is 17.0 Å². The van der Waals surface area contributed by atoms with E-state index in [0.29, 0.717) is 19.0 Å². The Morgan fingerprint density at radius 1 is 1.53 bits per heavy atom. The maximum Gasteiger partial charge on any atom is 0.418 e. The molecule has 6 nitrogen and oxygen atoms in total. The van der Waals surface area contributed by atoms with Crippen LogP contribution in [0.1, 0.15) is 13.3 Å². The van der Waals surface area contributed by atoms with Gasteiger partial charge in [-0.25, -0.2) is 9.59 Å². The van der Waals surface area contributed by atoms with Crippen LogP contribution in [0, 0.1) is 5.92 Å². The van der Waals surface area contributed by atoms with Gasteiger partial charge >= 0.3 is 12.2 Å². The third kappa shape index (κ3) is 3.09. The Labute approximate surface area is 88.7 Å². The van der Waals surface area contributed by atoms with Crippen molar-refractivity contribution < 1.29 is 14.3 Å².